The van der Waals surface area contributed by atoms with Gasteiger partial charge in [-0.3, -0.25) is 9.59 Å². The van der Waals surface area contributed by atoms with Crippen LogP contribution in [0.3, 0.4) is 0 Å². The molecular weight excluding hydrogens is 414 g/mol. The monoisotopic (exact) mass is 433 g/mol. The summed E-state index contributed by atoms with van der Waals surface area (Å²) in [7, 11) is 0. The number of benzene rings is 2. The third kappa shape index (κ3) is 4.55. The summed E-state index contributed by atoms with van der Waals surface area (Å²) in [4.78, 5) is 39.0. The van der Waals surface area contributed by atoms with Gasteiger partial charge in [-0.15, -0.1) is 0 Å². The van der Waals surface area contributed by atoms with Crippen LogP contribution in [0.5, 0.6) is 0 Å². The van der Waals surface area contributed by atoms with Gasteiger partial charge in [0, 0.05) is 24.3 Å². The van der Waals surface area contributed by atoms with E-state index in [-0.39, 0.29) is 18.4 Å². The van der Waals surface area contributed by atoms with Crippen molar-refractivity contribution in [3.8, 4) is 11.8 Å². The Kier molecular flexibility index (Phi) is 6.05. The second-order valence-corrected chi connectivity index (χ2v) is 7.02. The molecule has 1 fully saturated rings. The van der Waals surface area contributed by atoms with E-state index in [4.69, 9.17) is 10.00 Å². The molecule has 2 aromatic carbocycles. The molecule has 2 amide bonds. The molecule has 0 radical (unpaired) electrons. The average Bonchev–Trinajstić information content (AvgIpc) is 3.20. The Labute approximate surface area is 182 Å². The molecule has 1 aliphatic rings. The van der Waals surface area contributed by atoms with E-state index in [2.05, 4.69) is 15.7 Å². The molecule has 162 valence electrons. The molecule has 0 bridgehead atoms. The predicted octanol–water partition coefficient (Wildman–Crippen LogP) is 0.412. The zero-order valence-corrected chi connectivity index (χ0v) is 17.0. The van der Waals surface area contributed by atoms with Crippen LogP contribution in [0.1, 0.15) is 15.9 Å². The molecule has 11 nitrogen and oxygen atoms in total. The summed E-state index contributed by atoms with van der Waals surface area (Å²) in [6.07, 6.45) is 0. The van der Waals surface area contributed by atoms with Crippen LogP contribution in [0, 0.1) is 11.3 Å². The molecule has 1 aliphatic heterocycles. The number of aromatic nitrogens is 4. The molecular formula is C21H19N7O4. The fourth-order valence-electron chi connectivity index (χ4n) is 3.20. The summed E-state index contributed by atoms with van der Waals surface area (Å²) >= 11 is 0. The lowest BCUT2D eigenvalue weighted by molar-refractivity contribution is -0.136. The van der Waals surface area contributed by atoms with E-state index < -0.39 is 5.69 Å². The standard InChI is InChI=1S/C21H19N7O4/c22-13-15-2-1-3-16(12-15)20(30)23-17-4-6-18(7-5-17)28-21(31)27(24-25-28)14-19(29)26-8-10-32-11-9-26/h1-7,12H,8-11,14H2,(H,23,30). The maximum Gasteiger partial charge on any atom is 0.368 e. The quantitative estimate of drug-likeness (QED) is 0.616. The molecule has 0 saturated carbocycles. The summed E-state index contributed by atoms with van der Waals surface area (Å²) in [5, 5.41) is 19.3. The van der Waals surface area contributed by atoms with Gasteiger partial charge >= 0.3 is 5.69 Å². The Bertz CT molecular complexity index is 1230. The molecule has 0 unspecified atom stereocenters. The van der Waals surface area contributed by atoms with Crippen molar-refractivity contribution < 1.29 is 14.3 Å². The fraction of sp³-hybridized carbons (Fsp3) is 0.238. The van der Waals surface area contributed by atoms with Gasteiger partial charge in [-0.1, -0.05) is 6.07 Å². The zero-order chi connectivity index (χ0) is 22.5. The predicted molar refractivity (Wildman–Crippen MR) is 112 cm³/mol. The highest BCUT2D eigenvalue weighted by Crippen LogP contribution is 2.13. The smallest absolute Gasteiger partial charge is 0.368 e. The van der Waals surface area contributed by atoms with Crippen LogP contribution < -0.4 is 11.0 Å². The van der Waals surface area contributed by atoms with E-state index >= 15 is 0 Å². The highest BCUT2D eigenvalue weighted by molar-refractivity contribution is 6.04. The number of anilines is 1. The van der Waals surface area contributed by atoms with Crippen molar-refractivity contribution in [2.24, 2.45) is 0 Å². The number of nitrogens with zero attached hydrogens (tertiary/aromatic N) is 6. The Morgan fingerprint density at radius 1 is 1.09 bits per heavy atom. The van der Waals surface area contributed by atoms with Crippen LogP contribution in [0.25, 0.3) is 5.69 Å². The molecule has 1 aromatic heterocycles. The van der Waals surface area contributed by atoms with E-state index in [1.54, 1.807) is 47.4 Å². The van der Waals surface area contributed by atoms with Gasteiger partial charge in [-0.25, -0.2) is 4.79 Å². The molecule has 11 heteroatoms. The number of hydrogen-bond donors (Lipinski definition) is 1. The second-order valence-electron chi connectivity index (χ2n) is 7.02. The summed E-state index contributed by atoms with van der Waals surface area (Å²) in [6, 6.07) is 14.8. The van der Waals surface area contributed by atoms with Crippen LogP contribution in [0.2, 0.25) is 0 Å². The van der Waals surface area contributed by atoms with E-state index in [1.807, 2.05) is 6.07 Å². The number of amides is 2. The Hall–Kier alpha value is -4.30. The SMILES string of the molecule is N#Cc1cccc(C(=O)Nc2ccc(-n3nnn(CC(=O)N4CCOCC4)c3=O)cc2)c1. The molecule has 4 rings (SSSR count). The molecule has 32 heavy (non-hydrogen) atoms. The van der Waals surface area contributed by atoms with Crippen molar-refractivity contribution in [3.05, 3.63) is 70.1 Å². The topological polar surface area (TPSA) is 135 Å². The third-order valence-electron chi connectivity index (χ3n) is 4.91. The minimum atomic E-state index is -0.545. The van der Waals surface area contributed by atoms with Gasteiger partial charge in [0.15, 0.2) is 0 Å². The van der Waals surface area contributed by atoms with Crippen molar-refractivity contribution in [3.63, 3.8) is 0 Å². The summed E-state index contributed by atoms with van der Waals surface area (Å²) < 4.78 is 7.31. The summed E-state index contributed by atoms with van der Waals surface area (Å²) in [5.41, 5.74) is 1.14. The second kappa shape index (κ2) is 9.23. The lowest BCUT2D eigenvalue weighted by atomic mass is 10.1. The number of nitriles is 1. The van der Waals surface area contributed by atoms with Crippen molar-refractivity contribution in [2.45, 2.75) is 6.54 Å². The van der Waals surface area contributed by atoms with Gasteiger partial charge in [-0.05, 0) is 52.9 Å². The molecule has 0 spiro atoms. The number of hydrogen-bond acceptors (Lipinski definition) is 7. The number of ether oxygens (including phenoxy) is 1. The number of nitrogens with one attached hydrogen (secondary N) is 1. The van der Waals surface area contributed by atoms with Gasteiger partial charge in [-0.2, -0.15) is 14.6 Å². The molecule has 1 saturated heterocycles. The maximum atomic E-state index is 12.6. The number of rotatable bonds is 5. The zero-order valence-electron chi connectivity index (χ0n) is 17.0. The summed E-state index contributed by atoms with van der Waals surface area (Å²) in [6.45, 7) is 1.71. The van der Waals surface area contributed by atoms with Crippen LogP contribution in [-0.2, 0) is 16.1 Å². The minimum absolute atomic E-state index is 0.200. The van der Waals surface area contributed by atoms with E-state index in [9.17, 15) is 14.4 Å². The van der Waals surface area contributed by atoms with Crippen LogP contribution in [-0.4, -0.2) is 62.8 Å². The largest absolute Gasteiger partial charge is 0.378 e. The fourth-order valence-corrected chi connectivity index (χ4v) is 3.20. The first-order valence-corrected chi connectivity index (χ1v) is 9.85. The van der Waals surface area contributed by atoms with Crippen LogP contribution in [0.4, 0.5) is 5.69 Å². The molecule has 0 aliphatic carbocycles. The molecule has 3 aromatic rings. The van der Waals surface area contributed by atoms with Gasteiger partial charge in [0.05, 0.1) is 30.5 Å². The number of tetrazole rings is 1. The lowest BCUT2D eigenvalue weighted by Gasteiger charge is -2.26. The maximum absolute atomic E-state index is 12.6. The van der Waals surface area contributed by atoms with Crippen molar-refractivity contribution in [2.75, 3.05) is 31.6 Å². The van der Waals surface area contributed by atoms with E-state index in [0.29, 0.717) is 48.8 Å². The highest BCUT2D eigenvalue weighted by atomic mass is 16.5. The summed E-state index contributed by atoms with van der Waals surface area (Å²) in [5.74, 6) is -0.583. The highest BCUT2D eigenvalue weighted by Gasteiger charge is 2.19. The third-order valence-corrected chi connectivity index (χ3v) is 4.91. The van der Waals surface area contributed by atoms with Crippen molar-refractivity contribution in [1.29, 1.82) is 5.26 Å². The minimum Gasteiger partial charge on any atom is -0.378 e. The average molecular weight is 433 g/mol. The van der Waals surface area contributed by atoms with Crippen LogP contribution in [0.15, 0.2) is 53.3 Å². The van der Waals surface area contributed by atoms with Gasteiger partial charge < -0.3 is 15.0 Å². The normalized spacial score (nSPS) is 13.4. The van der Waals surface area contributed by atoms with Crippen LogP contribution >= 0.6 is 0 Å². The van der Waals surface area contributed by atoms with Crippen molar-refractivity contribution in [1.82, 2.24) is 24.7 Å². The Morgan fingerprint density at radius 3 is 2.56 bits per heavy atom. The van der Waals surface area contributed by atoms with E-state index in [1.165, 1.54) is 6.07 Å². The van der Waals surface area contributed by atoms with Crippen molar-refractivity contribution >= 4 is 17.5 Å². The number of carbonyl (C=O) groups is 2. The molecule has 1 N–H and O–H groups in total. The van der Waals surface area contributed by atoms with E-state index in [0.717, 1.165) is 9.36 Å². The Balaban J connectivity index is 1.44. The first-order chi connectivity index (χ1) is 15.5. The first-order valence-electron chi connectivity index (χ1n) is 9.85. The lowest BCUT2D eigenvalue weighted by Crippen LogP contribution is -2.43. The first kappa shape index (κ1) is 21.0. The Morgan fingerprint density at radius 2 is 1.84 bits per heavy atom. The van der Waals surface area contributed by atoms with Gasteiger partial charge in [0.1, 0.15) is 6.54 Å². The van der Waals surface area contributed by atoms with Gasteiger partial charge in [0.25, 0.3) is 5.91 Å². The number of morpholine rings is 1. The molecule has 2 heterocycles. The number of carbonyl (C=O) groups excluding carboxylic acids is 2. The van der Waals surface area contributed by atoms with Gasteiger partial charge in [0.2, 0.25) is 5.91 Å². The molecule has 0 atom stereocenters.